The van der Waals surface area contributed by atoms with E-state index in [0.29, 0.717) is 42.3 Å². The van der Waals surface area contributed by atoms with Crippen LogP contribution in [0.5, 0.6) is 0 Å². The van der Waals surface area contributed by atoms with Crippen LogP contribution in [-0.2, 0) is 11.3 Å². The number of rotatable bonds is 7. The van der Waals surface area contributed by atoms with Crippen LogP contribution >= 0.6 is 11.6 Å². The van der Waals surface area contributed by atoms with Crippen LogP contribution in [-0.4, -0.2) is 24.0 Å². The van der Waals surface area contributed by atoms with Crippen molar-refractivity contribution in [2.45, 2.75) is 13.0 Å². The third-order valence-corrected chi connectivity index (χ3v) is 3.71. The van der Waals surface area contributed by atoms with Crippen LogP contribution in [0.2, 0.25) is 5.02 Å². The van der Waals surface area contributed by atoms with Crippen LogP contribution in [0.1, 0.15) is 22.5 Å². The second kappa shape index (κ2) is 7.95. The van der Waals surface area contributed by atoms with E-state index in [9.17, 15) is 4.79 Å². The van der Waals surface area contributed by atoms with E-state index in [1.165, 1.54) is 0 Å². The number of benzene rings is 1. The van der Waals surface area contributed by atoms with Gasteiger partial charge in [-0.05, 0) is 36.8 Å². The van der Waals surface area contributed by atoms with Crippen molar-refractivity contribution in [3.63, 3.8) is 0 Å². The Hall–Kier alpha value is -2.37. The highest BCUT2D eigenvalue weighted by molar-refractivity contribution is 6.32. The van der Waals surface area contributed by atoms with Crippen LogP contribution in [0.3, 0.4) is 0 Å². The fourth-order valence-corrected chi connectivity index (χ4v) is 2.59. The molecule has 5 nitrogen and oxygen atoms in total. The van der Waals surface area contributed by atoms with E-state index in [-0.39, 0.29) is 5.91 Å². The number of pyridine rings is 1. The zero-order valence-corrected chi connectivity index (χ0v) is 13.8. The molecule has 0 spiro atoms. The molecule has 0 saturated carbocycles. The highest BCUT2D eigenvalue weighted by atomic mass is 35.5. The van der Waals surface area contributed by atoms with E-state index in [0.717, 1.165) is 11.1 Å². The molecule has 0 atom stereocenters. The van der Waals surface area contributed by atoms with Crippen molar-refractivity contribution in [2.24, 2.45) is 0 Å². The number of ether oxygens (including phenoxy) is 1. The highest BCUT2D eigenvalue weighted by Crippen LogP contribution is 2.22. The molecule has 124 valence electrons. The van der Waals surface area contributed by atoms with Gasteiger partial charge < -0.3 is 14.5 Å². The zero-order valence-electron chi connectivity index (χ0n) is 13.0. The van der Waals surface area contributed by atoms with Gasteiger partial charge in [0.2, 0.25) is 0 Å². The molecule has 0 fully saturated rings. The summed E-state index contributed by atoms with van der Waals surface area (Å²) in [5, 5.41) is 4.23. The Morgan fingerprint density at radius 3 is 3.04 bits per heavy atom. The third kappa shape index (κ3) is 4.13. The van der Waals surface area contributed by atoms with Gasteiger partial charge >= 0.3 is 0 Å². The number of aromatic nitrogens is 1. The minimum absolute atomic E-state index is 0.188. The topological polar surface area (TPSA) is 64.4 Å². The minimum atomic E-state index is -0.188. The number of hydrogen-bond donors (Lipinski definition) is 1. The first-order valence-electron chi connectivity index (χ1n) is 7.66. The van der Waals surface area contributed by atoms with Gasteiger partial charge in [-0.25, -0.2) is 0 Å². The lowest BCUT2D eigenvalue weighted by Crippen LogP contribution is -2.25. The predicted molar refractivity (Wildman–Crippen MR) is 92.1 cm³/mol. The highest BCUT2D eigenvalue weighted by Gasteiger charge is 2.12. The largest absolute Gasteiger partial charge is 0.467 e. The number of furan rings is 1. The van der Waals surface area contributed by atoms with Crippen LogP contribution in [0.4, 0.5) is 0 Å². The number of halogens is 1. The van der Waals surface area contributed by atoms with Crippen LogP contribution in [0, 0.1) is 0 Å². The van der Waals surface area contributed by atoms with E-state index in [1.54, 1.807) is 24.6 Å². The number of amides is 1. The molecule has 2 aromatic heterocycles. The first kappa shape index (κ1) is 16.5. The van der Waals surface area contributed by atoms with E-state index in [4.69, 9.17) is 20.8 Å². The second-order valence-corrected chi connectivity index (χ2v) is 5.71. The molecule has 24 heavy (non-hydrogen) atoms. The van der Waals surface area contributed by atoms with Crippen molar-refractivity contribution in [2.75, 3.05) is 13.2 Å². The molecule has 0 unspecified atom stereocenters. The van der Waals surface area contributed by atoms with Crippen LogP contribution in [0.25, 0.3) is 10.9 Å². The summed E-state index contributed by atoms with van der Waals surface area (Å²) in [5.41, 5.74) is 1.13. The van der Waals surface area contributed by atoms with E-state index in [2.05, 4.69) is 10.3 Å². The van der Waals surface area contributed by atoms with Gasteiger partial charge in [0.1, 0.15) is 12.4 Å². The molecule has 3 aromatic rings. The van der Waals surface area contributed by atoms with Crippen molar-refractivity contribution in [3.8, 4) is 0 Å². The lowest BCUT2D eigenvalue weighted by molar-refractivity contribution is 0.0918. The molecule has 0 saturated heterocycles. The van der Waals surface area contributed by atoms with Crippen molar-refractivity contribution >= 4 is 28.4 Å². The number of nitrogens with zero attached hydrogens (tertiary/aromatic N) is 1. The lowest BCUT2D eigenvalue weighted by Gasteiger charge is -2.08. The molecule has 1 N–H and O–H groups in total. The Bertz CT molecular complexity index is 818. The average Bonchev–Trinajstić information content (AvgIpc) is 3.10. The molecule has 0 aliphatic rings. The van der Waals surface area contributed by atoms with E-state index < -0.39 is 0 Å². The standard InChI is InChI=1S/C18H17ClN2O3/c19-14-10-13-4-1-6-20-17(13)16(11-14)18(22)21-7-3-8-23-12-15-5-2-9-24-15/h1-2,4-6,9-11H,3,7-8,12H2,(H,21,22). The fraction of sp³-hybridized carbons (Fsp3) is 0.222. The normalized spacial score (nSPS) is 10.9. The van der Waals surface area contributed by atoms with Crippen molar-refractivity contribution in [1.82, 2.24) is 10.3 Å². The zero-order chi connectivity index (χ0) is 16.8. The Balaban J connectivity index is 1.50. The summed E-state index contributed by atoms with van der Waals surface area (Å²) >= 11 is 6.08. The molecule has 2 heterocycles. The van der Waals surface area contributed by atoms with Crippen molar-refractivity contribution < 1.29 is 13.9 Å². The lowest BCUT2D eigenvalue weighted by atomic mass is 10.1. The summed E-state index contributed by atoms with van der Waals surface area (Å²) in [5.74, 6) is 0.600. The van der Waals surface area contributed by atoms with Gasteiger partial charge in [-0.2, -0.15) is 0 Å². The van der Waals surface area contributed by atoms with Crippen LogP contribution in [0.15, 0.2) is 53.3 Å². The first-order valence-corrected chi connectivity index (χ1v) is 8.04. The predicted octanol–water partition coefficient (Wildman–Crippen LogP) is 3.82. The number of nitrogens with one attached hydrogen (secondary N) is 1. The average molecular weight is 345 g/mol. The molecule has 3 rings (SSSR count). The molecule has 0 bridgehead atoms. The number of carbonyl (C=O) groups is 1. The van der Waals surface area contributed by atoms with Gasteiger partial charge in [0.05, 0.1) is 17.3 Å². The monoisotopic (exact) mass is 344 g/mol. The Labute approximate surface area is 144 Å². The molecule has 1 aromatic carbocycles. The van der Waals surface area contributed by atoms with Gasteiger partial charge in [0.15, 0.2) is 0 Å². The molecule has 0 aliphatic carbocycles. The Morgan fingerprint density at radius 2 is 2.21 bits per heavy atom. The van der Waals surface area contributed by atoms with E-state index >= 15 is 0 Å². The maximum Gasteiger partial charge on any atom is 0.253 e. The maximum atomic E-state index is 12.4. The van der Waals surface area contributed by atoms with Gasteiger partial charge in [0.25, 0.3) is 5.91 Å². The summed E-state index contributed by atoms with van der Waals surface area (Å²) < 4.78 is 10.7. The Morgan fingerprint density at radius 1 is 1.29 bits per heavy atom. The summed E-state index contributed by atoms with van der Waals surface area (Å²) in [4.78, 5) is 16.6. The molecular formula is C18H17ClN2O3. The fourth-order valence-electron chi connectivity index (χ4n) is 2.37. The smallest absolute Gasteiger partial charge is 0.253 e. The minimum Gasteiger partial charge on any atom is -0.467 e. The number of fused-ring (bicyclic) bond motifs is 1. The summed E-state index contributed by atoms with van der Waals surface area (Å²) in [6, 6.07) is 10.8. The molecule has 6 heteroatoms. The van der Waals surface area contributed by atoms with Crippen molar-refractivity contribution in [1.29, 1.82) is 0 Å². The van der Waals surface area contributed by atoms with Gasteiger partial charge in [-0.3, -0.25) is 9.78 Å². The third-order valence-electron chi connectivity index (χ3n) is 3.49. The SMILES string of the molecule is O=C(NCCCOCc1ccco1)c1cc(Cl)cc2cccnc12. The molecule has 0 aliphatic heterocycles. The molecular weight excluding hydrogens is 328 g/mol. The van der Waals surface area contributed by atoms with Gasteiger partial charge in [-0.15, -0.1) is 0 Å². The first-order chi connectivity index (χ1) is 11.7. The Kier molecular flexibility index (Phi) is 5.46. The number of hydrogen-bond acceptors (Lipinski definition) is 4. The van der Waals surface area contributed by atoms with E-state index in [1.807, 2.05) is 24.3 Å². The number of carbonyl (C=O) groups excluding carboxylic acids is 1. The second-order valence-electron chi connectivity index (χ2n) is 5.27. The molecule has 0 radical (unpaired) electrons. The summed E-state index contributed by atoms with van der Waals surface area (Å²) in [6.07, 6.45) is 3.98. The maximum absolute atomic E-state index is 12.4. The van der Waals surface area contributed by atoms with Gasteiger partial charge in [-0.1, -0.05) is 17.7 Å². The van der Waals surface area contributed by atoms with Crippen molar-refractivity contribution in [3.05, 3.63) is 65.2 Å². The van der Waals surface area contributed by atoms with Crippen LogP contribution < -0.4 is 5.32 Å². The molecule has 1 amide bonds. The van der Waals surface area contributed by atoms with Gasteiger partial charge in [0, 0.05) is 29.8 Å². The quantitative estimate of drug-likeness (QED) is 0.662. The summed E-state index contributed by atoms with van der Waals surface area (Å²) in [7, 11) is 0. The summed E-state index contributed by atoms with van der Waals surface area (Å²) in [6.45, 7) is 1.48.